The summed E-state index contributed by atoms with van der Waals surface area (Å²) in [5.41, 5.74) is 2.32. The van der Waals surface area contributed by atoms with E-state index in [0.717, 1.165) is 43.8 Å². The van der Waals surface area contributed by atoms with Gasteiger partial charge in [0, 0.05) is 50.7 Å². The molecule has 6 heteroatoms. The zero-order chi connectivity index (χ0) is 20.2. The van der Waals surface area contributed by atoms with Gasteiger partial charge in [0.1, 0.15) is 5.75 Å². The first-order valence-corrected chi connectivity index (χ1v) is 10.4. The van der Waals surface area contributed by atoms with Gasteiger partial charge in [-0.3, -0.25) is 14.7 Å². The van der Waals surface area contributed by atoms with Crippen LogP contribution in [0.4, 0.5) is 0 Å². The first-order chi connectivity index (χ1) is 14.2. The predicted molar refractivity (Wildman–Crippen MR) is 111 cm³/mol. The number of ether oxygens (including phenoxy) is 2. The van der Waals surface area contributed by atoms with Crippen molar-refractivity contribution < 1.29 is 14.3 Å². The SMILES string of the molecule is CCOc1ccccc1CN1CCC(N2C(=O)C(OC)C2c2ccncc2)CC1. The number of para-hydroxylation sites is 1. The van der Waals surface area contributed by atoms with Crippen molar-refractivity contribution >= 4 is 5.91 Å². The molecule has 6 nitrogen and oxygen atoms in total. The van der Waals surface area contributed by atoms with E-state index in [1.807, 2.05) is 36.1 Å². The molecule has 4 rings (SSSR count). The van der Waals surface area contributed by atoms with E-state index in [4.69, 9.17) is 9.47 Å². The third-order valence-corrected chi connectivity index (χ3v) is 6.00. The van der Waals surface area contributed by atoms with Crippen LogP contribution in [-0.2, 0) is 16.1 Å². The van der Waals surface area contributed by atoms with Gasteiger partial charge in [0.25, 0.3) is 5.91 Å². The second kappa shape index (κ2) is 8.93. The van der Waals surface area contributed by atoms with Gasteiger partial charge in [-0.15, -0.1) is 0 Å². The summed E-state index contributed by atoms with van der Waals surface area (Å²) in [6.07, 6.45) is 5.12. The van der Waals surface area contributed by atoms with Crippen molar-refractivity contribution in [2.24, 2.45) is 0 Å². The summed E-state index contributed by atoms with van der Waals surface area (Å²) in [6, 6.07) is 12.5. The van der Waals surface area contributed by atoms with Crippen LogP contribution in [0.5, 0.6) is 5.75 Å². The molecule has 2 atom stereocenters. The van der Waals surface area contributed by atoms with Crippen molar-refractivity contribution in [2.45, 2.75) is 44.5 Å². The van der Waals surface area contributed by atoms with Crippen molar-refractivity contribution in [3.63, 3.8) is 0 Å². The van der Waals surface area contributed by atoms with Gasteiger partial charge in [-0.05, 0) is 43.5 Å². The van der Waals surface area contributed by atoms with E-state index in [1.54, 1.807) is 19.5 Å². The van der Waals surface area contributed by atoms with Gasteiger partial charge in [0.2, 0.25) is 0 Å². The molecule has 154 valence electrons. The Kier molecular flexibility index (Phi) is 6.11. The molecule has 2 saturated heterocycles. The van der Waals surface area contributed by atoms with Crippen LogP contribution < -0.4 is 4.74 Å². The number of nitrogens with zero attached hydrogens (tertiary/aromatic N) is 3. The first-order valence-electron chi connectivity index (χ1n) is 10.4. The zero-order valence-corrected chi connectivity index (χ0v) is 17.2. The molecule has 0 aliphatic carbocycles. The van der Waals surface area contributed by atoms with Crippen molar-refractivity contribution in [3.05, 3.63) is 59.9 Å². The smallest absolute Gasteiger partial charge is 0.255 e. The lowest BCUT2D eigenvalue weighted by Crippen LogP contribution is -2.64. The molecule has 0 bridgehead atoms. The van der Waals surface area contributed by atoms with Crippen LogP contribution in [0.2, 0.25) is 0 Å². The normalized spacial score (nSPS) is 23.1. The number of methoxy groups -OCH3 is 1. The van der Waals surface area contributed by atoms with Gasteiger partial charge in [0.05, 0.1) is 12.6 Å². The summed E-state index contributed by atoms with van der Waals surface area (Å²) in [4.78, 5) is 21.3. The number of rotatable bonds is 7. The summed E-state index contributed by atoms with van der Waals surface area (Å²) in [7, 11) is 1.62. The maximum atomic E-state index is 12.7. The number of benzene rings is 1. The monoisotopic (exact) mass is 395 g/mol. The van der Waals surface area contributed by atoms with Crippen molar-refractivity contribution in [1.29, 1.82) is 0 Å². The molecule has 3 heterocycles. The number of likely N-dealkylation sites (tertiary alicyclic amines) is 2. The standard InChI is InChI=1S/C23H29N3O3/c1-3-29-20-7-5-4-6-18(20)16-25-14-10-19(11-15-25)26-21(22(28-2)23(26)27)17-8-12-24-13-9-17/h4-9,12-13,19,21-22H,3,10-11,14-16H2,1-2H3. The van der Waals surface area contributed by atoms with Gasteiger partial charge in [-0.25, -0.2) is 0 Å². The Morgan fingerprint density at radius 1 is 1.10 bits per heavy atom. The molecule has 2 aliphatic rings. The Bertz CT molecular complexity index is 821. The number of carbonyl (C=O) groups is 1. The highest BCUT2D eigenvalue weighted by atomic mass is 16.5. The summed E-state index contributed by atoms with van der Waals surface area (Å²) in [6.45, 7) is 5.50. The van der Waals surface area contributed by atoms with Crippen LogP contribution >= 0.6 is 0 Å². The average Bonchev–Trinajstić information content (AvgIpc) is 2.76. The average molecular weight is 396 g/mol. The molecule has 0 N–H and O–H groups in total. The lowest BCUT2D eigenvalue weighted by Gasteiger charge is -2.52. The fourth-order valence-corrected chi connectivity index (χ4v) is 4.54. The van der Waals surface area contributed by atoms with Gasteiger partial charge < -0.3 is 14.4 Å². The zero-order valence-electron chi connectivity index (χ0n) is 17.2. The van der Waals surface area contributed by atoms with Crippen LogP contribution in [0.3, 0.4) is 0 Å². The van der Waals surface area contributed by atoms with Crippen LogP contribution in [-0.4, -0.2) is 59.6 Å². The van der Waals surface area contributed by atoms with Crippen molar-refractivity contribution in [2.75, 3.05) is 26.8 Å². The Labute approximate surface area is 172 Å². The van der Waals surface area contributed by atoms with Gasteiger partial charge in [0.15, 0.2) is 6.10 Å². The van der Waals surface area contributed by atoms with E-state index in [2.05, 4.69) is 22.0 Å². The number of piperidine rings is 1. The number of carbonyl (C=O) groups excluding carboxylic acids is 1. The van der Waals surface area contributed by atoms with Crippen LogP contribution in [0.1, 0.15) is 36.9 Å². The van der Waals surface area contributed by atoms with E-state index in [0.29, 0.717) is 6.61 Å². The van der Waals surface area contributed by atoms with E-state index in [9.17, 15) is 4.79 Å². The molecule has 0 radical (unpaired) electrons. The van der Waals surface area contributed by atoms with Gasteiger partial charge >= 0.3 is 0 Å². The third kappa shape index (κ3) is 4.00. The predicted octanol–water partition coefficient (Wildman–Crippen LogP) is 3.04. The quantitative estimate of drug-likeness (QED) is 0.675. The van der Waals surface area contributed by atoms with Crippen LogP contribution in [0.25, 0.3) is 0 Å². The molecule has 2 fully saturated rings. The second-order valence-electron chi connectivity index (χ2n) is 7.68. The highest BCUT2D eigenvalue weighted by molar-refractivity contribution is 5.89. The fraction of sp³-hybridized carbons (Fsp3) is 0.478. The first kappa shape index (κ1) is 19.9. The van der Waals surface area contributed by atoms with E-state index >= 15 is 0 Å². The van der Waals surface area contributed by atoms with Crippen LogP contribution in [0, 0.1) is 0 Å². The third-order valence-electron chi connectivity index (χ3n) is 6.00. The molecule has 2 aliphatic heterocycles. The fourth-order valence-electron chi connectivity index (χ4n) is 4.54. The number of pyridine rings is 1. The summed E-state index contributed by atoms with van der Waals surface area (Å²) in [5.74, 6) is 1.07. The Morgan fingerprint density at radius 2 is 1.83 bits per heavy atom. The molecule has 2 aromatic rings. The topological polar surface area (TPSA) is 54.9 Å². The number of hydrogen-bond donors (Lipinski definition) is 0. The summed E-state index contributed by atoms with van der Waals surface area (Å²) < 4.78 is 11.3. The number of hydrogen-bond acceptors (Lipinski definition) is 5. The minimum absolute atomic E-state index is 0.00858. The molecular weight excluding hydrogens is 366 g/mol. The van der Waals surface area contributed by atoms with E-state index in [1.165, 1.54) is 5.56 Å². The van der Waals surface area contributed by atoms with Gasteiger partial charge in [-0.1, -0.05) is 18.2 Å². The van der Waals surface area contributed by atoms with Crippen LogP contribution in [0.15, 0.2) is 48.8 Å². The molecule has 0 saturated carbocycles. The van der Waals surface area contributed by atoms with Crippen molar-refractivity contribution in [1.82, 2.24) is 14.8 Å². The molecule has 1 aromatic carbocycles. The molecular formula is C23H29N3O3. The van der Waals surface area contributed by atoms with Gasteiger partial charge in [-0.2, -0.15) is 0 Å². The minimum Gasteiger partial charge on any atom is -0.494 e. The largest absolute Gasteiger partial charge is 0.494 e. The van der Waals surface area contributed by atoms with Crippen molar-refractivity contribution in [3.8, 4) is 5.75 Å². The minimum atomic E-state index is -0.381. The molecule has 0 spiro atoms. The highest BCUT2D eigenvalue weighted by Crippen LogP contribution is 2.40. The number of amides is 1. The number of β-lactam (4-membered cyclic amide) rings is 1. The maximum absolute atomic E-state index is 12.7. The summed E-state index contributed by atoms with van der Waals surface area (Å²) in [5, 5.41) is 0. The molecule has 1 amide bonds. The van der Waals surface area contributed by atoms with E-state index in [-0.39, 0.29) is 24.1 Å². The van der Waals surface area contributed by atoms with E-state index < -0.39 is 0 Å². The Hall–Kier alpha value is -2.44. The summed E-state index contributed by atoms with van der Waals surface area (Å²) >= 11 is 0. The highest BCUT2D eigenvalue weighted by Gasteiger charge is 2.51. The Balaban J connectivity index is 1.40. The molecule has 2 unspecified atom stereocenters. The second-order valence-corrected chi connectivity index (χ2v) is 7.68. The molecule has 1 aromatic heterocycles. The molecule has 29 heavy (non-hydrogen) atoms. The lowest BCUT2D eigenvalue weighted by atomic mass is 9.86. The lowest BCUT2D eigenvalue weighted by molar-refractivity contribution is -0.178. The Morgan fingerprint density at radius 3 is 2.52 bits per heavy atom. The number of aromatic nitrogens is 1. The maximum Gasteiger partial charge on any atom is 0.255 e.